The van der Waals surface area contributed by atoms with Gasteiger partial charge in [-0.05, 0) is 96.1 Å². The van der Waals surface area contributed by atoms with Crippen LogP contribution in [-0.4, -0.2) is 40.0 Å². The summed E-state index contributed by atoms with van der Waals surface area (Å²) in [6.07, 6.45) is 6.93. The van der Waals surface area contributed by atoms with Gasteiger partial charge in [-0.15, -0.1) is 0 Å². The largest absolute Gasteiger partial charge is 0.489 e. The first-order valence-electron chi connectivity index (χ1n) is 14.2. The lowest BCUT2D eigenvalue weighted by Crippen LogP contribution is -2.44. The van der Waals surface area contributed by atoms with Gasteiger partial charge in [0.1, 0.15) is 17.1 Å². The molecule has 2 aromatic rings. The van der Waals surface area contributed by atoms with E-state index in [4.69, 9.17) is 4.74 Å². The van der Waals surface area contributed by atoms with E-state index >= 15 is 4.39 Å². The Morgan fingerprint density at radius 1 is 1.14 bits per heavy atom. The minimum atomic E-state index is -1.72. The Morgan fingerprint density at radius 3 is 2.38 bits per heavy atom. The molecule has 10 heteroatoms. The van der Waals surface area contributed by atoms with E-state index in [0.717, 1.165) is 25.0 Å². The Hall–Kier alpha value is -3.50. The van der Waals surface area contributed by atoms with Crippen molar-refractivity contribution in [1.82, 2.24) is 10.3 Å². The first kappa shape index (κ1) is 31.4. The molecule has 1 aromatic carbocycles. The van der Waals surface area contributed by atoms with Crippen LogP contribution in [-0.2, 0) is 20.7 Å². The fraction of sp³-hybridized carbons (Fsp3) is 0.469. The van der Waals surface area contributed by atoms with E-state index in [2.05, 4.69) is 15.3 Å². The molecule has 0 radical (unpaired) electrons. The van der Waals surface area contributed by atoms with E-state index < -0.39 is 34.6 Å². The third-order valence-corrected chi connectivity index (χ3v) is 7.50. The number of benzene rings is 1. The third kappa shape index (κ3) is 7.10. The maximum Gasteiger partial charge on any atom is 0.247 e. The minimum absolute atomic E-state index is 0.0105. The van der Waals surface area contributed by atoms with E-state index in [-0.39, 0.29) is 41.1 Å². The molecule has 1 heterocycles. The zero-order valence-electron chi connectivity index (χ0n) is 24.6. The van der Waals surface area contributed by atoms with Gasteiger partial charge in [0.2, 0.25) is 5.91 Å². The van der Waals surface area contributed by atoms with Crippen molar-refractivity contribution in [3.8, 4) is 11.3 Å². The number of nitrogens with one attached hydrogen (secondary N) is 1. The number of amides is 1. The van der Waals surface area contributed by atoms with Crippen molar-refractivity contribution in [2.24, 2.45) is 10.9 Å². The zero-order chi connectivity index (χ0) is 30.8. The van der Waals surface area contributed by atoms with Crippen molar-refractivity contribution in [3.05, 3.63) is 76.1 Å². The molecule has 4 rings (SSSR count). The second kappa shape index (κ2) is 12.4. The lowest BCUT2D eigenvalue weighted by atomic mass is 9.87. The summed E-state index contributed by atoms with van der Waals surface area (Å²) in [5, 5.41) is 25.5. The smallest absolute Gasteiger partial charge is 0.247 e. The number of hydrogen-bond acceptors (Lipinski definition) is 6. The van der Waals surface area contributed by atoms with Crippen LogP contribution in [0.4, 0.5) is 13.2 Å². The summed E-state index contributed by atoms with van der Waals surface area (Å²) in [6, 6.07) is 4.12. The number of carbonyl (C=O) groups is 1. The second-order valence-corrected chi connectivity index (χ2v) is 11.5. The van der Waals surface area contributed by atoms with E-state index in [1.165, 1.54) is 26.0 Å². The zero-order valence-corrected chi connectivity index (χ0v) is 24.6. The highest BCUT2D eigenvalue weighted by Crippen LogP contribution is 2.46. The summed E-state index contributed by atoms with van der Waals surface area (Å²) < 4.78 is 49.4. The van der Waals surface area contributed by atoms with Crippen molar-refractivity contribution in [2.45, 2.75) is 84.0 Å². The predicted molar refractivity (Wildman–Crippen MR) is 154 cm³/mol. The van der Waals surface area contributed by atoms with Crippen LogP contribution in [0.5, 0.6) is 0 Å². The molecule has 1 aromatic heterocycles. The molecule has 2 fully saturated rings. The predicted octanol–water partition coefficient (Wildman–Crippen LogP) is 5.94. The number of hydrogen-bond donors (Lipinski definition) is 3. The number of aliphatic imine (C=N–C) groups is 1. The van der Waals surface area contributed by atoms with Gasteiger partial charge >= 0.3 is 0 Å². The standard InChI is InChI=1S/C32H38F3N3O4/c1-6-19(15-26(18(3)36-7-2)42-22-11-12-22)30(39)37-17-32(41,21-9-10-21)27-16-23(31(4,5)40)28(35)29(38-27)20-8-13-24(33)25(34)14-20/h7-8,13-16,21-22,40-41H,6,9-12,17H2,1-5H3,(H,37,39)/b19-15+,26-18-,36-7-. The highest BCUT2D eigenvalue weighted by Gasteiger charge is 2.47. The highest BCUT2D eigenvalue weighted by molar-refractivity contribution is 5.93. The highest BCUT2D eigenvalue weighted by atomic mass is 19.2. The molecule has 2 aliphatic rings. The summed E-state index contributed by atoms with van der Waals surface area (Å²) in [6.45, 7) is 7.93. The van der Waals surface area contributed by atoms with E-state index in [1.54, 1.807) is 26.1 Å². The van der Waals surface area contributed by atoms with E-state index in [0.29, 0.717) is 36.3 Å². The average Bonchev–Trinajstić information content (AvgIpc) is 3.85. The molecule has 226 valence electrons. The van der Waals surface area contributed by atoms with Gasteiger partial charge in [-0.3, -0.25) is 9.79 Å². The number of rotatable bonds is 12. The molecule has 3 N–H and O–H groups in total. The van der Waals surface area contributed by atoms with Crippen molar-refractivity contribution in [1.29, 1.82) is 0 Å². The second-order valence-electron chi connectivity index (χ2n) is 11.5. The van der Waals surface area contributed by atoms with Crippen LogP contribution in [0.1, 0.15) is 78.0 Å². The molecule has 7 nitrogen and oxygen atoms in total. The summed E-state index contributed by atoms with van der Waals surface area (Å²) >= 11 is 0. The average molecular weight is 586 g/mol. The number of allylic oxidation sites excluding steroid dienone is 2. The number of ether oxygens (including phenoxy) is 1. The molecule has 0 aliphatic heterocycles. The molecule has 0 saturated heterocycles. The maximum atomic E-state index is 15.6. The monoisotopic (exact) mass is 585 g/mol. The van der Waals surface area contributed by atoms with Gasteiger partial charge in [-0.2, -0.15) is 0 Å². The minimum Gasteiger partial charge on any atom is -0.489 e. The topological polar surface area (TPSA) is 104 Å². The molecule has 1 unspecified atom stereocenters. The first-order chi connectivity index (χ1) is 19.8. The first-order valence-corrected chi connectivity index (χ1v) is 14.2. The fourth-order valence-electron chi connectivity index (χ4n) is 4.70. The number of carbonyl (C=O) groups excluding carboxylic acids is 1. The molecule has 2 saturated carbocycles. The van der Waals surface area contributed by atoms with Crippen LogP contribution in [0, 0.1) is 23.4 Å². The van der Waals surface area contributed by atoms with Crippen molar-refractivity contribution >= 4 is 12.1 Å². The molecule has 2 aliphatic carbocycles. The van der Waals surface area contributed by atoms with Crippen molar-refractivity contribution in [3.63, 3.8) is 0 Å². The van der Waals surface area contributed by atoms with Crippen LogP contribution >= 0.6 is 0 Å². The number of nitrogens with zero attached hydrogens (tertiary/aromatic N) is 2. The normalized spacial score (nSPS) is 18.1. The van der Waals surface area contributed by atoms with Crippen molar-refractivity contribution < 1.29 is 32.9 Å². The van der Waals surface area contributed by atoms with Gasteiger partial charge in [-0.25, -0.2) is 18.2 Å². The number of pyridine rings is 1. The Kier molecular flexibility index (Phi) is 9.27. The lowest BCUT2D eigenvalue weighted by Gasteiger charge is -2.31. The molecular formula is C32H38F3N3O4. The third-order valence-electron chi connectivity index (χ3n) is 7.50. The Morgan fingerprint density at radius 2 is 1.83 bits per heavy atom. The summed E-state index contributed by atoms with van der Waals surface area (Å²) in [4.78, 5) is 22.0. The van der Waals surface area contributed by atoms with Gasteiger partial charge in [0.05, 0.1) is 29.6 Å². The summed E-state index contributed by atoms with van der Waals surface area (Å²) in [5.41, 5.74) is -2.93. The summed E-state index contributed by atoms with van der Waals surface area (Å²) in [7, 11) is 0. The van der Waals surface area contributed by atoms with Crippen LogP contribution in [0.2, 0.25) is 0 Å². The fourth-order valence-corrected chi connectivity index (χ4v) is 4.70. The molecule has 42 heavy (non-hydrogen) atoms. The Balaban J connectivity index is 1.70. The number of aliphatic hydroxyl groups is 2. The van der Waals surface area contributed by atoms with Crippen LogP contribution in [0.3, 0.4) is 0 Å². The van der Waals surface area contributed by atoms with Crippen LogP contribution in [0.25, 0.3) is 11.3 Å². The van der Waals surface area contributed by atoms with Crippen LogP contribution in [0.15, 0.2) is 52.4 Å². The van der Waals surface area contributed by atoms with Gasteiger partial charge in [0, 0.05) is 22.9 Å². The molecule has 0 bridgehead atoms. The van der Waals surface area contributed by atoms with Gasteiger partial charge in [0.15, 0.2) is 17.5 Å². The van der Waals surface area contributed by atoms with Gasteiger partial charge < -0.3 is 20.3 Å². The number of halogens is 3. The molecular weight excluding hydrogens is 547 g/mol. The van der Waals surface area contributed by atoms with E-state index in [1.807, 2.05) is 6.92 Å². The quantitative estimate of drug-likeness (QED) is 0.124. The lowest BCUT2D eigenvalue weighted by molar-refractivity contribution is -0.119. The van der Waals surface area contributed by atoms with Gasteiger partial charge in [-0.1, -0.05) is 6.92 Å². The summed E-state index contributed by atoms with van der Waals surface area (Å²) in [5.74, 6) is -3.43. The molecule has 1 amide bonds. The maximum absolute atomic E-state index is 15.6. The van der Waals surface area contributed by atoms with Crippen LogP contribution < -0.4 is 5.32 Å². The van der Waals surface area contributed by atoms with Gasteiger partial charge in [0.25, 0.3) is 0 Å². The van der Waals surface area contributed by atoms with E-state index in [9.17, 15) is 23.8 Å². The SMILES string of the molecule is C\C=N/C(C)=C(/C=C(\CC)C(=O)NCC(O)(c1cc(C(C)(C)O)c(F)c(-c2ccc(F)c(F)c2)n1)C1CC1)OC1CC1. The van der Waals surface area contributed by atoms with Crippen molar-refractivity contribution in [2.75, 3.05) is 6.54 Å². The Labute approximate surface area is 244 Å². The number of aromatic nitrogens is 1. The molecule has 0 spiro atoms. The Bertz CT molecular complexity index is 1440. The molecule has 1 atom stereocenters.